The molecule has 0 bridgehead atoms. The zero-order valence-electron chi connectivity index (χ0n) is 16.2. The van der Waals surface area contributed by atoms with E-state index >= 15 is 0 Å². The number of hydrogen-bond acceptors (Lipinski definition) is 5. The highest BCUT2D eigenvalue weighted by Gasteiger charge is 2.14. The molecule has 0 unspecified atom stereocenters. The van der Waals surface area contributed by atoms with Crippen LogP contribution in [0.1, 0.15) is 28.6 Å². The van der Waals surface area contributed by atoms with Crippen molar-refractivity contribution in [2.75, 3.05) is 5.32 Å². The summed E-state index contributed by atoms with van der Waals surface area (Å²) in [7, 11) is -3.68. The second-order valence-electron chi connectivity index (χ2n) is 6.43. The molecule has 3 rings (SSSR count). The highest BCUT2D eigenvalue weighted by molar-refractivity contribution is 7.89. The maximum atomic E-state index is 12.3. The van der Waals surface area contributed by atoms with Crippen molar-refractivity contribution in [3.05, 3.63) is 89.9 Å². The molecule has 1 amide bonds. The number of rotatable bonds is 8. The molecule has 154 valence electrons. The standard InChI is InChI=1S/C22H20N2O5S/c1-16(25)18-4-2-5-19(14-18)24-22(26)12-9-17-7-10-21(11-8-17)30(27,28)23-15-20-6-3-13-29-20/h2-14,23H,15H2,1H3,(H,24,26)/b12-9+. The molecule has 0 aliphatic heterocycles. The van der Waals surface area contributed by atoms with Crippen LogP contribution >= 0.6 is 0 Å². The molecule has 0 radical (unpaired) electrons. The fourth-order valence-electron chi connectivity index (χ4n) is 2.59. The average Bonchev–Trinajstić information content (AvgIpc) is 3.25. The molecule has 7 nitrogen and oxygen atoms in total. The van der Waals surface area contributed by atoms with E-state index in [0.717, 1.165) is 0 Å². The van der Waals surface area contributed by atoms with E-state index in [-0.39, 0.29) is 23.1 Å². The van der Waals surface area contributed by atoms with Gasteiger partial charge in [-0.2, -0.15) is 0 Å². The van der Waals surface area contributed by atoms with Gasteiger partial charge >= 0.3 is 0 Å². The van der Waals surface area contributed by atoms with E-state index in [1.165, 1.54) is 31.4 Å². The van der Waals surface area contributed by atoms with Crippen LogP contribution < -0.4 is 10.0 Å². The second-order valence-corrected chi connectivity index (χ2v) is 8.20. The molecule has 0 aliphatic carbocycles. The third-order valence-electron chi connectivity index (χ3n) is 4.17. The maximum absolute atomic E-state index is 12.3. The minimum Gasteiger partial charge on any atom is -0.468 e. The van der Waals surface area contributed by atoms with Crippen molar-refractivity contribution in [1.29, 1.82) is 0 Å². The van der Waals surface area contributed by atoms with Crippen molar-refractivity contribution >= 4 is 33.5 Å². The van der Waals surface area contributed by atoms with Gasteiger partial charge < -0.3 is 9.73 Å². The SMILES string of the molecule is CC(=O)c1cccc(NC(=O)/C=C/c2ccc(S(=O)(=O)NCc3ccco3)cc2)c1. The smallest absolute Gasteiger partial charge is 0.248 e. The molecular formula is C22H20N2O5S. The van der Waals surface area contributed by atoms with Crippen molar-refractivity contribution in [1.82, 2.24) is 4.72 Å². The van der Waals surface area contributed by atoms with E-state index in [1.807, 2.05) is 0 Å². The Hall–Kier alpha value is -3.49. The summed E-state index contributed by atoms with van der Waals surface area (Å²) in [6.45, 7) is 1.51. The van der Waals surface area contributed by atoms with E-state index < -0.39 is 10.0 Å². The zero-order chi connectivity index (χ0) is 21.6. The summed E-state index contributed by atoms with van der Waals surface area (Å²) >= 11 is 0. The van der Waals surface area contributed by atoms with Crippen LogP contribution in [0.5, 0.6) is 0 Å². The van der Waals surface area contributed by atoms with Crippen molar-refractivity contribution < 1.29 is 22.4 Å². The lowest BCUT2D eigenvalue weighted by molar-refractivity contribution is -0.111. The number of ketones is 1. The molecule has 1 heterocycles. The summed E-state index contributed by atoms with van der Waals surface area (Å²) in [5.41, 5.74) is 1.68. The molecule has 0 saturated heterocycles. The lowest BCUT2D eigenvalue weighted by atomic mass is 10.1. The number of sulfonamides is 1. The number of Topliss-reactive ketones (excluding diaryl/α,β-unsaturated/α-hetero) is 1. The van der Waals surface area contributed by atoms with Crippen molar-refractivity contribution in [2.45, 2.75) is 18.4 Å². The van der Waals surface area contributed by atoms with Gasteiger partial charge in [-0.25, -0.2) is 13.1 Å². The Balaban J connectivity index is 1.60. The monoisotopic (exact) mass is 424 g/mol. The van der Waals surface area contributed by atoms with E-state index in [9.17, 15) is 18.0 Å². The molecule has 30 heavy (non-hydrogen) atoms. The van der Waals surface area contributed by atoms with Crippen molar-refractivity contribution in [3.8, 4) is 0 Å². The largest absolute Gasteiger partial charge is 0.468 e. The molecular weight excluding hydrogens is 404 g/mol. The van der Waals surface area contributed by atoms with Crippen LogP contribution in [0.4, 0.5) is 5.69 Å². The fourth-order valence-corrected chi connectivity index (χ4v) is 3.59. The number of carbonyl (C=O) groups is 2. The third-order valence-corrected chi connectivity index (χ3v) is 5.59. The first-order chi connectivity index (χ1) is 14.3. The summed E-state index contributed by atoms with van der Waals surface area (Å²) in [5, 5.41) is 2.68. The molecule has 0 atom stereocenters. The Bertz CT molecular complexity index is 1160. The van der Waals surface area contributed by atoms with Gasteiger partial charge in [0.15, 0.2) is 5.78 Å². The van der Waals surface area contributed by atoms with Gasteiger partial charge in [-0.15, -0.1) is 0 Å². The van der Waals surface area contributed by atoms with E-state index in [1.54, 1.807) is 54.6 Å². The van der Waals surface area contributed by atoms with E-state index in [4.69, 9.17) is 4.42 Å². The van der Waals surface area contributed by atoms with Gasteiger partial charge in [-0.1, -0.05) is 24.3 Å². The number of carbonyl (C=O) groups excluding carboxylic acids is 2. The first-order valence-electron chi connectivity index (χ1n) is 9.06. The molecule has 8 heteroatoms. The highest BCUT2D eigenvalue weighted by Crippen LogP contribution is 2.14. The van der Waals surface area contributed by atoms with Crippen LogP contribution in [0.15, 0.2) is 82.3 Å². The Morgan fingerprint density at radius 2 is 1.80 bits per heavy atom. The van der Waals surface area contributed by atoms with Crippen LogP contribution in [-0.4, -0.2) is 20.1 Å². The predicted octanol–water partition coefficient (Wildman–Crippen LogP) is 3.61. The summed E-state index contributed by atoms with van der Waals surface area (Å²) in [4.78, 5) is 23.6. The first kappa shape index (κ1) is 21.2. The normalized spacial score (nSPS) is 11.5. The van der Waals surface area contributed by atoms with Gasteiger partial charge in [-0.05, 0) is 55.0 Å². The topological polar surface area (TPSA) is 105 Å². The molecule has 0 aliphatic rings. The Morgan fingerprint density at radius 3 is 2.47 bits per heavy atom. The molecule has 3 aromatic rings. The minimum atomic E-state index is -3.68. The van der Waals surface area contributed by atoms with E-state index in [2.05, 4.69) is 10.0 Å². The molecule has 0 fully saturated rings. The predicted molar refractivity (Wildman–Crippen MR) is 113 cm³/mol. The lowest BCUT2D eigenvalue weighted by Crippen LogP contribution is -2.22. The number of amides is 1. The maximum Gasteiger partial charge on any atom is 0.248 e. The summed E-state index contributed by atoms with van der Waals surface area (Å²) in [6.07, 6.45) is 4.37. The minimum absolute atomic E-state index is 0.0575. The van der Waals surface area contributed by atoms with Crippen LogP contribution in [0.2, 0.25) is 0 Å². The van der Waals surface area contributed by atoms with Gasteiger partial charge in [-0.3, -0.25) is 9.59 Å². The van der Waals surface area contributed by atoms with Crippen LogP contribution in [0, 0.1) is 0 Å². The second kappa shape index (κ2) is 9.34. The van der Waals surface area contributed by atoms with Crippen LogP contribution in [-0.2, 0) is 21.4 Å². The Labute approximate surface area is 174 Å². The molecule has 0 spiro atoms. The summed E-state index contributed by atoms with van der Waals surface area (Å²) in [5.74, 6) is 0.0563. The van der Waals surface area contributed by atoms with E-state index in [0.29, 0.717) is 22.6 Å². The van der Waals surface area contributed by atoms with Gasteiger partial charge in [0.25, 0.3) is 0 Å². The zero-order valence-corrected chi connectivity index (χ0v) is 17.0. The number of hydrogen-bond donors (Lipinski definition) is 2. The molecule has 1 aromatic heterocycles. The Kier molecular flexibility index (Phi) is 6.61. The van der Waals surface area contributed by atoms with Crippen molar-refractivity contribution in [2.24, 2.45) is 0 Å². The first-order valence-corrected chi connectivity index (χ1v) is 10.5. The quantitative estimate of drug-likeness (QED) is 0.424. The lowest BCUT2D eigenvalue weighted by Gasteiger charge is -2.06. The average molecular weight is 424 g/mol. The highest BCUT2D eigenvalue weighted by atomic mass is 32.2. The van der Waals surface area contributed by atoms with Crippen molar-refractivity contribution in [3.63, 3.8) is 0 Å². The summed E-state index contributed by atoms with van der Waals surface area (Å²) in [6, 6.07) is 16.1. The number of benzene rings is 2. The number of anilines is 1. The number of nitrogens with one attached hydrogen (secondary N) is 2. The fraction of sp³-hybridized carbons (Fsp3) is 0.0909. The Morgan fingerprint density at radius 1 is 1.03 bits per heavy atom. The number of furan rings is 1. The van der Waals surface area contributed by atoms with Gasteiger partial charge in [0.05, 0.1) is 17.7 Å². The van der Waals surface area contributed by atoms with Gasteiger partial charge in [0, 0.05) is 17.3 Å². The third kappa shape index (κ3) is 5.76. The van der Waals surface area contributed by atoms with Crippen LogP contribution in [0.3, 0.4) is 0 Å². The molecule has 2 N–H and O–H groups in total. The van der Waals surface area contributed by atoms with Crippen LogP contribution in [0.25, 0.3) is 6.08 Å². The van der Waals surface area contributed by atoms with Gasteiger partial charge in [0.2, 0.25) is 15.9 Å². The summed E-state index contributed by atoms with van der Waals surface area (Å²) < 4.78 is 32.2. The molecule has 0 saturated carbocycles. The van der Waals surface area contributed by atoms with Gasteiger partial charge in [0.1, 0.15) is 5.76 Å². The molecule has 2 aromatic carbocycles.